The SMILES string of the molecule is CCN(C)C(C(=O)N(C)Cc1ccc(OC(F)(F)F)cc1)c1ccccc1. The highest BCUT2D eigenvalue weighted by molar-refractivity contribution is 5.83. The monoisotopic (exact) mass is 380 g/mol. The molecule has 0 heterocycles. The Hall–Kier alpha value is -2.54. The summed E-state index contributed by atoms with van der Waals surface area (Å²) in [6.07, 6.45) is -4.72. The van der Waals surface area contributed by atoms with Crippen molar-refractivity contribution in [1.29, 1.82) is 0 Å². The van der Waals surface area contributed by atoms with Crippen molar-refractivity contribution in [3.63, 3.8) is 0 Å². The summed E-state index contributed by atoms with van der Waals surface area (Å²) in [6.45, 7) is 2.96. The minimum atomic E-state index is -4.72. The third-order valence-corrected chi connectivity index (χ3v) is 4.24. The van der Waals surface area contributed by atoms with E-state index >= 15 is 0 Å². The zero-order chi connectivity index (χ0) is 20.0. The molecule has 0 aliphatic carbocycles. The second kappa shape index (κ2) is 8.90. The van der Waals surface area contributed by atoms with Crippen LogP contribution >= 0.6 is 0 Å². The number of halogens is 3. The predicted octanol–water partition coefficient (Wildman–Crippen LogP) is 4.24. The van der Waals surface area contributed by atoms with E-state index < -0.39 is 12.4 Å². The molecule has 0 aliphatic rings. The van der Waals surface area contributed by atoms with Gasteiger partial charge in [0.05, 0.1) is 0 Å². The first-order valence-electron chi connectivity index (χ1n) is 8.56. The summed E-state index contributed by atoms with van der Waals surface area (Å²) in [5, 5.41) is 0. The van der Waals surface area contributed by atoms with Gasteiger partial charge in [0.15, 0.2) is 0 Å². The van der Waals surface area contributed by atoms with Gasteiger partial charge in [0, 0.05) is 13.6 Å². The Kier molecular flexibility index (Phi) is 6.85. The lowest BCUT2D eigenvalue weighted by molar-refractivity contribution is -0.274. The van der Waals surface area contributed by atoms with E-state index in [9.17, 15) is 18.0 Å². The molecule has 0 bridgehead atoms. The molecular weight excluding hydrogens is 357 g/mol. The van der Waals surface area contributed by atoms with E-state index in [1.165, 1.54) is 24.3 Å². The number of carbonyl (C=O) groups is 1. The average Bonchev–Trinajstić information content (AvgIpc) is 2.63. The van der Waals surface area contributed by atoms with Gasteiger partial charge in [-0.3, -0.25) is 9.69 Å². The van der Waals surface area contributed by atoms with E-state index in [0.29, 0.717) is 12.1 Å². The Balaban J connectivity index is 2.11. The normalized spacial score (nSPS) is 12.7. The van der Waals surface area contributed by atoms with Crippen LogP contribution in [-0.2, 0) is 11.3 Å². The predicted molar refractivity (Wildman–Crippen MR) is 97.1 cm³/mol. The first kappa shape index (κ1) is 20.8. The number of hydrogen-bond acceptors (Lipinski definition) is 3. The molecule has 0 N–H and O–H groups in total. The summed E-state index contributed by atoms with van der Waals surface area (Å²) in [5.74, 6) is -0.366. The van der Waals surface area contributed by atoms with Crippen molar-refractivity contribution in [1.82, 2.24) is 9.80 Å². The third kappa shape index (κ3) is 5.99. The molecule has 2 aromatic carbocycles. The van der Waals surface area contributed by atoms with Crippen LogP contribution in [0.1, 0.15) is 24.1 Å². The van der Waals surface area contributed by atoms with Crippen LogP contribution in [0.4, 0.5) is 13.2 Å². The van der Waals surface area contributed by atoms with Crippen LogP contribution in [0.25, 0.3) is 0 Å². The summed E-state index contributed by atoms with van der Waals surface area (Å²) < 4.78 is 40.6. The molecule has 1 unspecified atom stereocenters. The molecule has 146 valence electrons. The van der Waals surface area contributed by atoms with E-state index in [0.717, 1.165) is 5.56 Å². The maximum absolute atomic E-state index is 13.0. The first-order valence-corrected chi connectivity index (χ1v) is 8.56. The van der Waals surface area contributed by atoms with Crippen LogP contribution in [-0.4, -0.2) is 42.7 Å². The standard InChI is InChI=1S/C20H23F3N2O2/c1-4-24(2)18(16-8-6-5-7-9-16)19(26)25(3)14-15-10-12-17(13-11-15)27-20(21,22)23/h5-13,18H,4,14H2,1-3H3. The fraction of sp³-hybridized carbons (Fsp3) is 0.350. The van der Waals surface area contributed by atoms with E-state index in [2.05, 4.69) is 4.74 Å². The van der Waals surface area contributed by atoms with Crippen LogP contribution in [0.3, 0.4) is 0 Å². The zero-order valence-corrected chi connectivity index (χ0v) is 15.5. The lowest BCUT2D eigenvalue weighted by Crippen LogP contribution is -2.39. The van der Waals surface area contributed by atoms with Crippen LogP contribution in [0, 0.1) is 0 Å². The molecule has 27 heavy (non-hydrogen) atoms. The second-order valence-corrected chi connectivity index (χ2v) is 6.27. The molecule has 0 saturated heterocycles. The maximum Gasteiger partial charge on any atom is 0.573 e. The highest BCUT2D eigenvalue weighted by Crippen LogP contribution is 2.24. The Bertz CT molecular complexity index is 733. The lowest BCUT2D eigenvalue weighted by atomic mass is 10.0. The van der Waals surface area contributed by atoms with E-state index in [-0.39, 0.29) is 18.2 Å². The topological polar surface area (TPSA) is 32.8 Å². The quantitative estimate of drug-likeness (QED) is 0.720. The van der Waals surface area contributed by atoms with Gasteiger partial charge >= 0.3 is 6.36 Å². The van der Waals surface area contributed by atoms with Crippen LogP contribution < -0.4 is 4.74 Å². The summed E-state index contributed by atoms with van der Waals surface area (Å²) in [6, 6.07) is 14.6. The van der Waals surface area contributed by atoms with Gasteiger partial charge in [-0.15, -0.1) is 13.2 Å². The van der Waals surface area contributed by atoms with Gasteiger partial charge in [-0.1, -0.05) is 49.4 Å². The zero-order valence-electron chi connectivity index (χ0n) is 15.5. The summed E-state index contributed by atoms with van der Waals surface area (Å²) in [5.41, 5.74) is 1.61. The molecule has 2 aromatic rings. The molecule has 1 amide bonds. The van der Waals surface area contributed by atoms with Gasteiger partial charge in [0.25, 0.3) is 0 Å². The van der Waals surface area contributed by atoms with Gasteiger partial charge in [-0.05, 0) is 36.9 Å². The summed E-state index contributed by atoms with van der Waals surface area (Å²) >= 11 is 0. The molecule has 7 heteroatoms. The highest BCUT2D eigenvalue weighted by Gasteiger charge is 2.31. The molecule has 1 atom stereocenters. The molecule has 4 nitrogen and oxygen atoms in total. The average molecular weight is 380 g/mol. The Labute approximate surface area is 157 Å². The van der Waals surface area contributed by atoms with Crippen molar-refractivity contribution < 1.29 is 22.7 Å². The first-order chi connectivity index (χ1) is 12.7. The number of amides is 1. The minimum Gasteiger partial charge on any atom is -0.406 e. The van der Waals surface area contributed by atoms with Gasteiger partial charge in [-0.2, -0.15) is 0 Å². The van der Waals surface area contributed by atoms with Gasteiger partial charge < -0.3 is 9.64 Å². The number of benzene rings is 2. The molecule has 0 fully saturated rings. The maximum atomic E-state index is 13.0. The smallest absolute Gasteiger partial charge is 0.406 e. The number of nitrogens with zero attached hydrogens (tertiary/aromatic N) is 2. The summed E-state index contributed by atoms with van der Waals surface area (Å²) in [4.78, 5) is 16.5. The molecule has 0 saturated carbocycles. The number of alkyl halides is 3. The van der Waals surface area contributed by atoms with Crippen molar-refractivity contribution >= 4 is 5.91 Å². The Morgan fingerprint density at radius 1 is 1.04 bits per heavy atom. The second-order valence-electron chi connectivity index (χ2n) is 6.27. The van der Waals surface area contributed by atoms with Gasteiger partial charge in [-0.25, -0.2) is 0 Å². The van der Waals surface area contributed by atoms with Crippen molar-refractivity contribution in [2.45, 2.75) is 25.9 Å². The largest absolute Gasteiger partial charge is 0.573 e. The van der Waals surface area contributed by atoms with Crippen LogP contribution in [0.15, 0.2) is 54.6 Å². The van der Waals surface area contributed by atoms with E-state index in [1.807, 2.05) is 49.2 Å². The summed E-state index contributed by atoms with van der Waals surface area (Å²) in [7, 11) is 3.56. The molecule has 2 rings (SSSR count). The molecule has 0 aliphatic heterocycles. The van der Waals surface area contributed by atoms with Gasteiger partial charge in [0.2, 0.25) is 5.91 Å². The number of likely N-dealkylation sites (N-methyl/N-ethyl adjacent to an activating group) is 2. The Morgan fingerprint density at radius 3 is 2.15 bits per heavy atom. The molecule has 0 spiro atoms. The van der Waals surface area contributed by atoms with Crippen LogP contribution in [0.5, 0.6) is 5.75 Å². The lowest BCUT2D eigenvalue weighted by Gasteiger charge is -2.30. The number of carbonyl (C=O) groups excluding carboxylic acids is 1. The van der Waals surface area contributed by atoms with Crippen molar-refractivity contribution in [2.24, 2.45) is 0 Å². The third-order valence-electron chi connectivity index (χ3n) is 4.24. The van der Waals surface area contributed by atoms with E-state index in [4.69, 9.17) is 0 Å². The number of ether oxygens (including phenoxy) is 1. The molecular formula is C20H23F3N2O2. The molecule has 0 radical (unpaired) electrons. The van der Waals surface area contributed by atoms with Gasteiger partial charge in [0.1, 0.15) is 11.8 Å². The Morgan fingerprint density at radius 2 is 1.63 bits per heavy atom. The van der Waals surface area contributed by atoms with Crippen molar-refractivity contribution in [3.8, 4) is 5.75 Å². The van der Waals surface area contributed by atoms with Crippen molar-refractivity contribution in [2.75, 3.05) is 20.6 Å². The fourth-order valence-corrected chi connectivity index (χ4v) is 2.76. The minimum absolute atomic E-state index is 0.0823. The van der Waals surface area contributed by atoms with Crippen molar-refractivity contribution in [3.05, 3.63) is 65.7 Å². The van der Waals surface area contributed by atoms with E-state index in [1.54, 1.807) is 11.9 Å². The molecule has 0 aromatic heterocycles. The highest BCUT2D eigenvalue weighted by atomic mass is 19.4. The van der Waals surface area contributed by atoms with Crippen LogP contribution in [0.2, 0.25) is 0 Å². The number of hydrogen-bond donors (Lipinski definition) is 0. The number of rotatable bonds is 7. The fourth-order valence-electron chi connectivity index (χ4n) is 2.76.